The fraction of sp³-hybridized carbons (Fsp3) is 0.217. The van der Waals surface area contributed by atoms with Crippen molar-refractivity contribution in [3.63, 3.8) is 0 Å². The Labute approximate surface area is 167 Å². The second-order valence-corrected chi connectivity index (χ2v) is 7.29. The van der Waals surface area contributed by atoms with E-state index in [1.165, 1.54) is 18.2 Å². The Morgan fingerprint density at radius 1 is 1.04 bits per heavy atom. The molecule has 0 saturated heterocycles. The molecule has 28 heavy (non-hydrogen) atoms. The minimum atomic E-state index is -4.42. The predicted octanol–water partition coefficient (Wildman–Crippen LogP) is 6.93. The van der Waals surface area contributed by atoms with Crippen molar-refractivity contribution in [3.8, 4) is 0 Å². The number of allylic oxidation sites excluding steroid dienone is 1. The highest BCUT2D eigenvalue weighted by molar-refractivity contribution is 6.31. The maximum absolute atomic E-state index is 13.8. The van der Waals surface area contributed by atoms with Gasteiger partial charge in [0.25, 0.3) is 0 Å². The van der Waals surface area contributed by atoms with E-state index in [9.17, 15) is 13.2 Å². The van der Waals surface area contributed by atoms with Crippen molar-refractivity contribution in [1.29, 1.82) is 0 Å². The van der Waals surface area contributed by atoms with Crippen molar-refractivity contribution in [3.05, 3.63) is 87.4 Å². The molecule has 1 unspecified atom stereocenters. The van der Waals surface area contributed by atoms with Crippen LogP contribution in [0.3, 0.4) is 0 Å². The molecule has 1 atom stereocenters. The fourth-order valence-corrected chi connectivity index (χ4v) is 3.61. The van der Waals surface area contributed by atoms with E-state index in [0.717, 1.165) is 33.0 Å². The monoisotopic (exact) mass is 403 g/mol. The third kappa shape index (κ3) is 4.08. The first kappa shape index (κ1) is 20.4. The molecule has 146 valence electrons. The molecule has 0 aliphatic carbocycles. The molecule has 3 aromatic rings. The minimum Gasteiger partial charge on any atom is -0.326 e. The first-order valence-electron chi connectivity index (χ1n) is 8.94. The van der Waals surface area contributed by atoms with E-state index < -0.39 is 12.1 Å². The van der Waals surface area contributed by atoms with Gasteiger partial charge in [-0.3, -0.25) is 0 Å². The number of halogens is 4. The standard InChI is InChI=1S/C23H21ClF3N/c1-14-11-18(12-22(24)15(14)2)21(23(25,26)27)10-9-16-7-8-17(13-28)20-6-4-3-5-19(16)20/h3-12,21H,13,28H2,1-2H3/b10-9+. The molecule has 0 saturated carbocycles. The summed E-state index contributed by atoms with van der Waals surface area (Å²) in [5.74, 6) is -1.74. The zero-order chi connectivity index (χ0) is 20.5. The number of nitrogens with two attached hydrogens (primary N) is 1. The van der Waals surface area contributed by atoms with Crippen LogP contribution in [-0.2, 0) is 6.54 Å². The van der Waals surface area contributed by atoms with Crippen LogP contribution in [0.15, 0.2) is 54.6 Å². The average Bonchev–Trinajstić information content (AvgIpc) is 2.65. The molecule has 0 bridgehead atoms. The lowest BCUT2D eigenvalue weighted by Crippen LogP contribution is -2.19. The SMILES string of the molecule is Cc1cc(C(/C=C/c2ccc(CN)c3ccccc23)C(F)(F)F)cc(Cl)c1C. The quantitative estimate of drug-likeness (QED) is 0.502. The Morgan fingerprint density at radius 2 is 1.71 bits per heavy atom. The molecule has 1 nitrogen and oxygen atoms in total. The number of benzene rings is 3. The number of rotatable bonds is 4. The Kier molecular flexibility index (Phi) is 5.82. The summed E-state index contributed by atoms with van der Waals surface area (Å²) in [6.45, 7) is 3.93. The maximum atomic E-state index is 13.8. The van der Waals surface area contributed by atoms with E-state index in [4.69, 9.17) is 17.3 Å². The lowest BCUT2D eigenvalue weighted by Gasteiger charge is -2.19. The van der Waals surface area contributed by atoms with Gasteiger partial charge in [-0.25, -0.2) is 0 Å². The van der Waals surface area contributed by atoms with E-state index >= 15 is 0 Å². The highest BCUT2D eigenvalue weighted by Crippen LogP contribution is 2.39. The van der Waals surface area contributed by atoms with Crippen LogP contribution in [0.4, 0.5) is 13.2 Å². The maximum Gasteiger partial charge on any atom is 0.399 e. The van der Waals surface area contributed by atoms with Crippen molar-refractivity contribution < 1.29 is 13.2 Å². The van der Waals surface area contributed by atoms with Crippen LogP contribution >= 0.6 is 11.6 Å². The van der Waals surface area contributed by atoms with Crippen molar-refractivity contribution >= 4 is 28.4 Å². The lowest BCUT2D eigenvalue weighted by molar-refractivity contribution is -0.139. The molecule has 0 spiro atoms. The second kappa shape index (κ2) is 7.98. The van der Waals surface area contributed by atoms with E-state index in [2.05, 4.69) is 0 Å². The summed E-state index contributed by atoms with van der Waals surface area (Å²) >= 11 is 6.14. The zero-order valence-corrected chi connectivity index (χ0v) is 16.4. The molecule has 0 aliphatic rings. The van der Waals surface area contributed by atoms with Gasteiger partial charge in [-0.05, 0) is 58.5 Å². The van der Waals surface area contributed by atoms with Gasteiger partial charge in [0.15, 0.2) is 0 Å². The van der Waals surface area contributed by atoms with Gasteiger partial charge in [-0.1, -0.05) is 66.2 Å². The van der Waals surface area contributed by atoms with Crippen LogP contribution in [0, 0.1) is 13.8 Å². The van der Waals surface area contributed by atoms with Gasteiger partial charge >= 0.3 is 6.18 Å². The van der Waals surface area contributed by atoms with Crippen LogP contribution in [-0.4, -0.2) is 6.18 Å². The van der Waals surface area contributed by atoms with Crippen LogP contribution in [0.1, 0.15) is 33.7 Å². The van der Waals surface area contributed by atoms with Crippen LogP contribution in [0.25, 0.3) is 16.8 Å². The molecule has 0 radical (unpaired) electrons. The normalized spacial score (nSPS) is 13.4. The Hall–Kier alpha value is -2.30. The molecule has 0 aromatic heterocycles. The number of aryl methyl sites for hydroxylation is 1. The summed E-state index contributed by atoms with van der Waals surface area (Å²) in [4.78, 5) is 0. The third-order valence-corrected chi connectivity index (χ3v) is 5.47. The molecular formula is C23H21ClF3N. The lowest BCUT2D eigenvalue weighted by atomic mass is 9.93. The topological polar surface area (TPSA) is 26.0 Å². The predicted molar refractivity (Wildman–Crippen MR) is 111 cm³/mol. The summed E-state index contributed by atoms with van der Waals surface area (Å²) in [5.41, 5.74) is 9.13. The first-order valence-corrected chi connectivity index (χ1v) is 9.32. The minimum absolute atomic E-state index is 0.139. The van der Waals surface area contributed by atoms with Crippen LogP contribution in [0.5, 0.6) is 0 Å². The number of hydrogen-bond donors (Lipinski definition) is 1. The largest absolute Gasteiger partial charge is 0.399 e. The second-order valence-electron chi connectivity index (χ2n) is 6.89. The fourth-order valence-electron chi connectivity index (χ4n) is 3.34. The molecule has 0 amide bonds. The first-order chi connectivity index (χ1) is 13.2. The van der Waals surface area contributed by atoms with Crippen molar-refractivity contribution in [2.24, 2.45) is 5.73 Å². The van der Waals surface area contributed by atoms with Crippen molar-refractivity contribution in [1.82, 2.24) is 0 Å². The van der Waals surface area contributed by atoms with Crippen LogP contribution < -0.4 is 5.73 Å². The number of alkyl halides is 3. The summed E-state index contributed by atoms with van der Waals surface area (Å²) in [5, 5.41) is 2.17. The molecule has 3 rings (SSSR count). The van der Waals surface area contributed by atoms with Gasteiger partial charge in [0.05, 0.1) is 5.92 Å². The van der Waals surface area contributed by atoms with E-state index in [0.29, 0.717) is 11.6 Å². The molecule has 0 aliphatic heterocycles. The summed E-state index contributed by atoms with van der Waals surface area (Å²) in [7, 11) is 0. The van der Waals surface area contributed by atoms with Crippen molar-refractivity contribution in [2.45, 2.75) is 32.5 Å². The van der Waals surface area contributed by atoms with Gasteiger partial charge < -0.3 is 5.73 Å². The van der Waals surface area contributed by atoms with Crippen molar-refractivity contribution in [2.75, 3.05) is 0 Å². The van der Waals surface area contributed by atoms with Gasteiger partial charge in [-0.15, -0.1) is 0 Å². The number of fused-ring (bicyclic) bond motifs is 1. The molecular weight excluding hydrogens is 383 g/mol. The van der Waals surface area contributed by atoms with E-state index in [1.807, 2.05) is 36.4 Å². The van der Waals surface area contributed by atoms with E-state index in [-0.39, 0.29) is 5.56 Å². The van der Waals surface area contributed by atoms with Gasteiger partial charge in [0.1, 0.15) is 0 Å². The Morgan fingerprint density at radius 3 is 2.32 bits per heavy atom. The summed E-state index contributed by atoms with van der Waals surface area (Å²) < 4.78 is 41.4. The smallest absolute Gasteiger partial charge is 0.326 e. The average molecular weight is 404 g/mol. The zero-order valence-electron chi connectivity index (χ0n) is 15.6. The molecule has 3 aromatic carbocycles. The van der Waals surface area contributed by atoms with Gasteiger partial charge in [0.2, 0.25) is 0 Å². The summed E-state index contributed by atoms with van der Waals surface area (Å²) in [6, 6.07) is 14.2. The third-order valence-electron chi connectivity index (χ3n) is 5.07. The Bertz CT molecular complexity index is 1010. The highest BCUT2D eigenvalue weighted by atomic mass is 35.5. The molecule has 0 fully saturated rings. The highest BCUT2D eigenvalue weighted by Gasteiger charge is 2.39. The molecule has 0 heterocycles. The Balaban J connectivity index is 2.08. The van der Waals surface area contributed by atoms with Gasteiger partial charge in [0, 0.05) is 11.6 Å². The van der Waals surface area contributed by atoms with E-state index in [1.54, 1.807) is 19.9 Å². The van der Waals surface area contributed by atoms with Gasteiger partial charge in [-0.2, -0.15) is 13.2 Å². The molecule has 2 N–H and O–H groups in total. The van der Waals surface area contributed by atoms with Crippen LogP contribution in [0.2, 0.25) is 5.02 Å². The number of hydrogen-bond acceptors (Lipinski definition) is 1. The molecule has 5 heteroatoms. The summed E-state index contributed by atoms with van der Waals surface area (Å²) in [6.07, 6.45) is -1.69.